The van der Waals surface area contributed by atoms with Crippen LogP contribution < -0.4 is 5.73 Å². The molecule has 0 aliphatic rings. The minimum Gasteiger partial charge on any atom is -0.409 e. The van der Waals surface area contributed by atoms with Gasteiger partial charge in [-0.2, -0.15) is 5.10 Å². The second-order valence-corrected chi connectivity index (χ2v) is 4.99. The third kappa shape index (κ3) is 3.79. The van der Waals surface area contributed by atoms with Gasteiger partial charge in [0.25, 0.3) is 0 Å². The first kappa shape index (κ1) is 15.0. The van der Waals surface area contributed by atoms with Crippen molar-refractivity contribution in [2.24, 2.45) is 17.9 Å². The topological polar surface area (TPSA) is 79.7 Å². The highest BCUT2D eigenvalue weighted by Crippen LogP contribution is 2.14. The predicted octanol–water partition coefficient (Wildman–Crippen LogP) is 1.29. The smallest absolute Gasteiger partial charge is 0.170 e. The molecule has 0 fully saturated rings. The van der Waals surface area contributed by atoms with Gasteiger partial charge in [-0.15, -0.1) is 0 Å². The summed E-state index contributed by atoms with van der Waals surface area (Å²) in [7, 11) is 3.76. The van der Waals surface area contributed by atoms with Crippen LogP contribution in [0.1, 0.15) is 16.7 Å². The molecule has 1 heterocycles. The molecule has 0 atom stereocenters. The van der Waals surface area contributed by atoms with Gasteiger partial charge in [-0.25, -0.2) is 4.39 Å². The van der Waals surface area contributed by atoms with Crippen LogP contribution in [-0.4, -0.2) is 32.8 Å². The fraction of sp³-hybridized carbons (Fsp3) is 0.286. The molecule has 21 heavy (non-hydrogen) atoms. The second kappa shape index (κ2) is 6.36. The number of hydrogen-bond donors (Lipinski definition) is 2. The minimum atomic E-state index is -0.378. The summed E-state index contributed by atoms with van der Waals surface area (Å²) in [6.07, 6.45) is 3.71. The van der Waals surface area contributed by atoms with E-state index in [1.807, 2.05) is 25.2 Å². The van der Waals surface area contributed by atoms with Gasteiger partial charge in [0.2, 0.25) is 0 Å². The Kier molecular flexibility index (Phi) is 4.54. The van der Waals surface area contributed by atoms with Gasteiger partial charge >= 0.3 is 0 Å². The number of rotatable bonds is 5. The number of aromatic nitrogens is 2. The zero-order valence-corrected chi connectivity index (χ0v) is 12.0. The Morgan fingerprint density at radius 2 is 2.24 bits per heavy atom. The van der Waals surface area contributed by atoms with Crippen molar-refractivity contribution in [1.29, 1.82) is 0 Å². The maximum atomic E-state index is 14.0. The Labute approximate surface area is 122 Å². The molecule has 0 bridgehead atoms. The standard InChI is InChI=1S/C14H18FN5O/c1-19(7-10-6-17-20(2)8-10)9-12-4-3-11(5-13(12)15)14(16)18-21/h3-6,8,21H,7,9H2,1-2H3,(H2,16,18). The molecule has 112 valence electrons. The van der Waals surface area contributed by atoms with E-state index in [0.717, 1.165) is 5.56 Å². The van der Waals surface area contributed by atoms with Crippen molar-refractivity contribution < 1.29 is 9.60 Å². The lowest BCUT2D eigenvalue weighted by atomic mass is 10.1. The predicted molar refractivity (Wildman–Crippen MR) is 77.3 cm³/mol. The Bertz CT molecular complexity index is 653. The maximum absolute atomic E-state index is 14.0. The molecule has 2 aromatic rings. The highest BCUT2D eigenvalue weighted by atomic mass is 19.1. The fourth-order valence-corrected chi connectivity index (χ4v) is 2.10. The summed E-state index contributed by atoms with van der Waals surface area (Å²) in [6, 6.07) is 4.54. The number of halogens is 1. The molecule has 0 amide bonds. The number of nitrogens with two attached hydrogens (primary N) is 1. The molecule has 0 saturated heterocycles. The van der Waals surface area contributed by atoms with Crippen LogP contribution in [0.15, 0.2) is 35.7 Å². The van der Waals surface area contributed by atoms with E-state index < -0.39 is 0 Å². The van der Waals surface area contributed by atoms with Crippen LogP contribution in [0, 0.1) is 5.82 Å². The summed E-state index contributed by atoms with van der Waals surface area (Å²) in [6.45, 7) is 1.13. The summed E-state index contributed by atoms with van der Waals surface area (Å²) >= 11 is 0. The number of aryl methyl sites for hydroxylation is 1. The Morgan fingerprint density at radius 1 is 1.48 bits per heavy atom. The summed E-state index contributed by atoms with van der Waals surface area (Å²) in [4.78, 5) is 1.98. The van der Waals surface area contributed by atoms with Crippen molar-refractivity contribution in [3.8, 4) is 0 Å². The number of hydrogen-bond acceptors (Lipinski definition) is 4. The quantitative estimate of drug-likeness (QED) is 0.376. The number of amidine groups is 1. The summed E-state index contributed by atoms with van der Waals surface area (Å²) in [5.41, 5.74) is 7.40. The minimum absolute atomic E-state index is 0.107. The van der Waals surface area contributed by atoms with Crippen LogP contribution in [0.4, 0.5) is 4.39 Å². The largest absolute Gasteiger partial charge is 0.409 e. The molecule has 0 saturated carbocycles. The van der Waals surface area contributed by atoms with Crippen LogP contribution in [0.25, 0.3) is 0 Å². The molecule has 7 heteroatoms. The monoisotopic (exact) mass is 291 g/mol. The molecule has 2 rings (SSSR count). The van der Waals surface area contributed by atoms with E-state index in [1.54, 1.807) is 23.0 Å². The fourth-order valence-electron chi connectivity index (χ4n) is 2.10. The van der Waals surface area contributed by atoms with Crippen LogP contribution in [0.5, 0.6) is 0 Å². The lowest BCUT2D eigenvalue weighted by Crippen LogP contribution is -2.18. The van der Waals surface area contributed by atoms with E-state index in [-0.39, 0.29) is 11.7 Å². The van der Waals surface area contributed by atoms with E-state index in [0.29, 0.717) is 24.2 Å². The molecule has 0 radical (unpaired) electrons. The lowest BCUT2D eigenvalue weighted by Gasteiger charge is -2.16. The Morgan fingerprint density at radius 3 is 2.81 bits per heavy atom. The van der Waals surface area contributed by atoms with Gasteiger partial charge < -0.3 is 10.9 Å². The zero-order valence-electron chi connectivity index (χ0n) is 12.0. The molecule has 0 unspecified atom stereocenters. The molecule has 6 nitrogen and oxygen atoms in total. The SMILES string of the molecule is CN(Cc1cnn(C)c1)Cc1ccc(C(N)=NO)cc1F. The molecule has 1 aromatic carbocycles. The maximum Gasteiger partial charge on any atom is 0.170 e. The molecule has 1 aromatic heterocycles. The summed E-state index contributed by atoms with van der Waals surface area (Å²) < 4.78 is 15.7. The van der Waals surface area contributed by atoms with Crippen LogP contribution in [-0.2, 0) is 20.1 Å². The number of benzene rings is 1. The van der Waals surface area contributed by atoms with Gasteiger partial charge in [0.15, 0.2) is 5.84 Å². The molecule has 0 spiro atoms. The van der Waals surface area contributed by atoms with E-state index in [9.17, 15) is 4.39 Å². The van der Waals surface area contributed by atoms with Gasteiger partial charge in [-0.3, -0.25) is 9.58 Å². The highest BCUT2D eigenvalue weighted by molar-refractivity contribution is 5.97. The van der Waals surface area contributed by atoms with Crippen molar-refractivity contribution in [3.05, 3.63) is 53.1 Å². The second-order valence-electron chi connectivity index (χ2n) is 4.99. The van der Waals surface area contributed by atoms with E-state index in [2.05, 4.69) is 10.3 Å². The van der Waals surface area contributed by atoms with Crippen molar-refractivity contribution in [3.63, 3.8) is 0 Å². The zero-order chi connectivity index (χ0) is 15.4. The number of nitrogens with zero attached hydrogens (tertiary/aromatic N) is 4. The Balaban J connectivity index is 2.05. The average Bonchev–Trinajstić information content (AvgIpc) is 2.85. The van der Waals surface area contributed by atoms with Gasteiger partial charge in [0, 0.05) is 43.0 Å². The van der Waals surface area contributed by atoms with Crippen LogP contribution >= 0.6 is 0 Å². The van der Waals surface area contributed by atoms with E-state index in [1.165, 1.54) is 6.07 Å². The normalized spacial score (nSPS) is 12.1. The third-order valence-corrected chi connectivity index (χ3v) is 3.11. The third-order valence-electron chi connectivity index (χ3n) is 3.11. The first-order chi connectivity index (χ1) is 9.99. The molecular weight excluding hydrogens is 273 g/mol. The van der Waals surface area contributed by atoms with Crippen LogP contribution in [0.3, 0.4) is 0 Å². The van der Waals surface area contributed by atoms with Crippen molar-refractivity contribution in [2.75, 3.05) is 7.05 Å². The summed E-state index contributed by atoms with van der Waals surface area (Å²) in [5, 5.41) is 15.5. The molecule has 0 aliphatic carbocycles. The van der Waals surface area contributed by atoms with E-state index >= 15 is 0 Å². The molecule has 3 N–H and O–H groups in total. The first-order valence-electron chi connectivity index (χ1n) is 6.42. The van der Waals surface area contributed by atoms with Crippen molar-refractivity contribution in [1.82, 2.24) is 14.7 Å². The first-order valence-corrected chi connectivity index (χ1v) is 6.42. The number of oxime groups is 1. The summed E-state index contributed by atoms with van der Waals surface area (Å²) in [5.74, 6) is -0.485. The molecule has 0 aliphatic heterocycles. The average molecular weight is 291 g/mol. The van der Waals surface area contributed by atoms with E-state index in [4.69, 9.17) is 10.9 Å². The van der Waals surface area contributed by atoms with Gasteiger partial charge in [0.1, 0.15) is 5.82 Å². The van der Waals surface area contributed by atoms with Crippen molar-refractivity contribution >= 4 is 5.84 Å². The van der Waals surface area contributed by atoms with Gasteiger partial charge in [-0.05, 0) is 13.1 Å². The highest BCUT2D eigenvalue weighted by Gasteiger charge is 2.09. The van der Waals surface area contributed by atoms with Crippen LogP contribution in [0.2, 0.25) is 0 Å². The molecular formula is C14H18FN5O. The Hall–Kier alpha value is -2.41. The van der Waals surface area contributed by atoms with Gasteiger partial charge in [-0.1, -0.05) is 17.3 Å². The van der Waals surface area contributed by atoms with Crippen molar-refractivity contribution in [2.45, 2.75) is 13.1 Å². The van der Waals surface area contributed by atoms with Gasteiger partial charge in [0.05, 0.1) is 6.20 Å². The lowest BCUT2D eigenvalue weighted by molar-refractivity contribution is 0.313.